The van der Waals surface area contributed by atoms with Gasteiger partial charge in [-0.2, -0.15) is 15.0 Å². The molecule has 3 aromatic heterocycles. The van der Waals surface area contributed by atoms with Crippen LogP contribution < -0.4 is 15.5 Å². The van der Waals surface area contributed by atoms with Crippen molar-refractivity contribution in [1.82, 2.24) is 29.5 Å². The zero-order valence-electron chi connectivity index (χ0n) is 11.1. The Kier molecular flexibility index (Phi) is 3.60. The third kappa shape index (κ3) is 3.05. The average molecular weight is 304 g/mol. The molecule has 0 aromatic carbocycles. The molecule has 9 nitrogen and oxygen atoms in total. The molecule has 0 aliphatic carbocycles. The number of imidazole rings is 1. The van der Waals surface area contributed by atoms with Crippen LogP contribution in [0.4, 0.5) is 11.9 Å². The molecule has 0 spiro atoms. The molecule has 0 amide bonds. The minimum Gasteiger partial charge on any atom is -0.357 e. The lowest BCUT2D eigenvalue weighted by Gasteiger charge is -2.08. The fourth-order valence-corrected chi connectivity index (χ4v) is 2.20. The van der Waals surface area contributed by atoms with Gasteiger partial charge in [-0.05, 0) is 0 Å². The Labute approximate surface area is 123 Å². The number of thiazole rings is 1. The molecular formula is C11H12N8OS. The van der Waals surface area contributed by atoms with Crippen molar-refractivity contribution in [1.29, 1.82) is 0 Å². The Morgan fingerprint density at radius 3 is 2.86 bits per heavy atom. The number of anilines is 2. The number of nitrogens with zero attached hydrogens (tertiary/aromatic N) is 5. The van der Waals surface area contributed by atoms with Gasteiger partial charge in [0.05, 0.1) is 6.54 Å². The van der Waals surface area contributed by atoms with E-state index in [2.05, 4.69) is 35.6 Å². The molecular weight excluding hydrogens is 292 g/mol. The van der Waals surface area contributed by atoms with E-state index in [-0.39, 0.29) is 4.87 Å². The van der Waals surface area contributed by atoms with Gasteiger partial charge in [-0.3, -0.25) is 9.36 Å². The van der Waals surface area contributed by atoms with Gasteiger partial charge in [0.15, 0.2) is 0 Å². The van der Waals surface area contributed by atoms with Gasteiger partial charge in [0.1, 0.15) is 6.33 Å². The summed E-state index contributed by atoms with van der Waals surface area (Å²) in [6, 6.07) is 0. The quantitative estimate of drug-likeness (QED) is 0.627. The monoisotopic (exact) mass is 304 g/mol. The van der Waals surface area contributed by atoms with Gasteiger partial charge in [0.25, 0.3) is 0 Å². The molecule has 0 fully saturated rings. The summed E-state index contributed by atoms with van der Waals surface area (Å²) in [5.41, 5.74) is 0.778. The third-order valence-corrected chi connectivity index (χ3v) is 3.31. The zero-order valence-corrected chi connectivity index (χ0v) is 11.9. The maximum atomic E-state index is 11.1. The number of nitrogens with one attached hydrogen (secondary N) is 3. The maximum absolute atomic E-state index is 11.1. The van der Waals surface area contributed by atoms with Crippen LogP contribution >= 0.6 is 11.3 Å². The number of H-pyrrole nitrogens is 1. The number of hydrogen-bond acceptors (Lipinski definition) is 8. The largest absolute Gasteiger partial charge is 0.357 e. The van der Waals surface area contributed by atoms with Crippen LogP contribution in [0.1, 0.15) is 5.69 Å². The van der Waals surface area contributed by atoms with E-state index in [0.29, 0.717) is 24.4 Å². The Hall–Kier alpha value is -2.75. The number of aromatic nitrogens is 6. The number of aromatic amines is 1. The molecule has 3 rings (SSSR count). The Morgan fingerprint density at radius 1 is 1.33 bits per heavy atom. The average Bonchev–Trinajstić information content (AvgIpc) is 3.16. The molecule has 3 N–H and O–H groups in total. The summed E-state index contributed by atoms with van der Waals surface area (Å²) in [4.78, 5) is 30.4. The van der Waals surface area contributed by atoms with Crippen molar-refractivity contribution in [2.45, 2.75) is 6.54 Å². The molecule has 3 heterocycles. The summed E-state index contributed by atoms with van der Waals surface area (Å²) in [6.45, 7) is 0.426. The molecule has 10 heteroatoms. The van der Waals surface area contributed by atoms with Gasteiger partial charge in [-0.15, -0.1) is 0 Å². The highest BCUT2D eigenvalue weighted by molar-refractivity contribution is 7.07. The second kappa shape index (κ2) is 5.71. The third-order valence-electron chi connectivity index (χ3n) is 2.59. The Morgan fingerprint density at radius 2 is 2.19 bits per heavy atom. The predicted molar refractivity (Wildman–Crippen MR) is 78.8 cm³/mol. The molecule has 108 valence electrons. The van der Waals surface area contributed by atoms with Crippen molar-refractivity contribution in [2.24, 2.45) is 0 Å². The van der Waals surface area contributed by atoms with E-state index in [4.69, 9.17) is 0 Å². The highest BCUT2D eigenvalue weighted by Gasteiger charge is 2.07. The minimum atomic E-state index is -0.0857. The van der Waals surface area contributed by atoms with Crippen molar-refractivity contribution in [3.8, 4) is 5.95 Å². The summed E-state index contributed by atoms with van der Waals surface area (Å²) in [5, 5.41) is 7.69. The van der Waals surface area contributed by atoms with Gasteiger partial charge in [-0.25, -0.2) is 4.98 Å². The molecule has 0 saturated heterocycles. The number of rotatable bonds is 5. The van der Waals surface area contributed by atoms with E-state index in [1.165, 1.54) is 0 Å². The van der Waals surface area contributed by atoms with Gasteiger partial charge >= 0.3 is 4.87 Å². The van der Waals surface area contributed by atoms with Gasteiger partial charge < -0.3 is 15.6 Å². The predicted octanol–water partition coefficient (Wildman–Crippen LogP) is 0.461. The molecule has 0 radical (unpaired) electrons. The van der Waals surface area contributed by atoms with Crippen LogP contribution in [0.3, 0.4) is 0 Å². The second-order valence-corrected chi connectivity index (χ2v) is 4.87. The fourth-order valence-electron chi connectivity index (χ4n) is 1.62. The van der Waals surface area contributed by atoms with Crippen molar-refractivity contribution in [3.63, 3.8) is 0 Å². The highest BCUT2D eigenvalue weighted by atomic mass is 32.1. The van der Waals surface area contributed by atoms with Crippen LogP contribution in [-0.2, 0) is 6.54 Å². The van der Waals surface area contributed by atoms with Gasteiger partial charge in [-0.1, -0.05) is 11.3 Å². The topological polar surface area (TPSA) is 113 Å². The van der Waals surface area contributed by atoms with Gasteiger partial charge in [0, 0.05) is 30.5 Å². The summed E-state index contributed by atoms with van der Waals surface area (Å²) in [7, 11) is 1.73. The standard InChI is InChI=1S/C11H12N8OS/c1-12-8-16-9(14-4-7-5-21-11(20)15-7)18-10(17-8)19-3-2-13-6-19/h2-3,5-6H,4H2,1H3,(H,15,20)(H2,12,14,16,17,18). The minimum absolute atomic E-state index is 0.0857. The fraction of sp³-hybridized carbons (Fsp3) is 0.182. The van der Waals surface area contributed by atoms with Crippen LogP contribution in [0.2, 0.25) is 0 Å². The van der Waals surface area contributed by atoms with E-state index >= 15 is 0 Å². The summed E-state index contributed by atoms with van der Waals surface area (Å²) in [6.07, 6.45) is 5.00. The first-order chi connectivity index (χ1) is 10.2. The number of hydrogen-bond donors (Lipinski definition) is 3. The van der Waals surface area contributed by atoms with E-state index in [1.807, 2.05) is 0 Å². The molecule has 0 aliphatic rings. The summed E-state index contributed by atoms with van der Waals surface area (Å²) >= 11 is 1.12. The lowest BCUT2D eigenvalue weighted by Crippen LogP contribution is -2.11. The molecule has 0 unspecified atom stereocenters. The van der Waals surface area contributed by atoms with Crippen molar-refractivity contribution in [2.75, 3.05) is 17.7 Å². The van der Waals surface area contributed by atoms with E-state index < -0.39 is 0 Å². The first-order valence-corrected chi connectivity index (χ1v) is 6.95. The van der Waals surface area contributed by atoms with Crippen LogP contribution in [0.5, 0.6) is 0 Å². The highest BCUT2D eigenvalue weighted by Crippen LogP contribution is 2.09. The van der Waals surface area contributed by atoms with Crippen molar-refractivity contribution < 1.29 is 0 Å². The maximum Gasteiger partial charge on any atom is 0.304 e. The molecule has 0 aliphatic heterocycles. The molecule has 21 heavy (non-hydrogen) atoms. The molecule has 0 bridgehead atoms. The second-order valence-electron chi connectivity index (χ2n) is 4.03. The van der Waals surface area contributed by atoms with Crippen LogP contribution in [0, 0.1) is 0 Å². The summed E-state index contributed by atoms with van der Waals surface area (Å²) < 4.78 is 1.68. The summed E-state index contributed by atoms with van der Waals surface area (Å²) in [5.74, 6) is 1.30. The molecule has 0 atom stereocenters. The van der Waals surface area contributed by atoms with E-state index in [9.17, 15) is 4.79 Å². The molecule has 3 aromatic rings. The van der Waals surface area contributed by atoms with Crippen LogP contribution in [0.25, 0.3) is 5.95 Å². The van der Waals surface area contributed by atoms with Crippen LogP contribution in [0.15, 0.2) is 28.9 Å². The van der Waals surface area contributed by atoms with Gasteiger partial charge in [0.2, 0.25) is 17.8 Å². The first-order valence-electron chi connectivity index (χ1n) is 6.07. The Bertz CT molecular complexity index is 778. The van der Waals surface area contributed by atoms with E-state index in [0.717, 1.165) is 17.0 Å². The Balaban J connectivity index is 1.84. The normalized spacial score (nSPS) is 10.5. The van der Waals surface area contributed by atoms with E-state index in [1.54, 1.807) is 35.7 Å². The lowest BCUT2D eigenvalue weighted by molar-refractivity contribution is 0.888. The van der Waals surface area contributed by atoms with Crippen molar-refractivity contribution in [3.05, 3.63) is 39.5 Å². The van der Waals surface area contributed by atoms with Crippen molar-refractivity contribution >= 4 is 23.2 Å². The lowest BCUT2D eigenvalue weighted by atomic mass is 10.5. The first kappa shape index (κ1) is 13.2. The van der Waals surface area contributed by atoms with Crippen LogP contribution in [-0.4, -0.2) is 36.5 Å². The molecule has 0 saturated carbocycles. The SMILES string of the molecule is CNc1nc(NCc2csc(=O)[nH]2)nc(-n2ccnc2)n1. The zero-order chi connectivity index (χ0) is 14.7. The smallest absolute Gasteiger partial charge is 0.304 e.